The summed E-state index contributed by atoms with van der Waals surface area (Å²) >= 11 is 0. The van der Waals surface area contributed by atoms with Gasteiger partial charge in [-0.05, 0) is 42.2 Å². The summed E-state index contributed by atoms with van der Waals surface area (Å²) < 4.78 is 6.14. The first-order chi connectivity index (χ1) is 16.4. The van der Waals surface area contributed by atoms with Crippen molar-refractivity contribution in [3.05, 3.63) is 65.2 Å². The van der Waals surface area contributed by atoms with E-state index in [1.54, 1.807) is 30.5 Å². The van der Waals surface area contributed by atoms with Crippen LogP contribution in [0.25, 0.3) is 22.2 Å². The molecule has 0 aliphatic carbocycles. The molecule has 9 heteroatoms. The van der Waals surface area contributed by atoms with E-state index in [1.807, 2.05) is 24.3 Å². The summed E-state index contributed by atoms with van der Waals surface area (Å²) in [4.78, 5) is 34.0. The number of amides is 1. The number of nitrogens with zero attached hydrogens (tertiary/aromatic N) is 4. The minimum atomic E-state index is -0.417. The number of fused-ring (bicyclic) bond motifs is 2. The van der Waals surface area contributed by atoms with Crippen molar-refractivity contribution in [1.29, 1.82) is 0 Å². The van der Waals surface area contributed by atoms with Crippen molar-refractivity contribution in [3.8, 4) is 0 Å². The number of carbonyl (C=O) groups excluding carboxylic acids is 2. The second-order valence-corrected chi connectivity index (χ2v) is 8.25. The lowest BCUT2D eigenvalue weighted by molar-refractivity contribution is 0.0600. The number of benzene rings is 2. The van der Waals surface area contributed by atoms with Crippen LogP contribution in [0.4, 0.5) is 5.82 Å². The zero-order valence-electron chi connectivity index (χ0n) is 19.3. The highest BCUT2D eigenvalue weighted by Gasteiger charge is 2.24. The van der Waals surface area contributed by atoms with E-state index in [9.17, 15) is 9.59 Å². The number of nitrogens with two attached hydrogens (primary N) is 1. The molecule has 0 radical (unpaired) electrons. The second-order valence-electron chi connectivity index (χ2n) is 8.25. The van der Waals surface area contributed by atoms with Crippen molar-refractivity contribution in [2.75, 3.05) is 19.4 Å². The quantitative estimate of drug-likeness (QED) is 0.322. The average molecular weight is 459 g/mol. The molecule has 0 spiro atoms. The van der Waals surface area contributed by atoms with Gasteiger partial charge in [-0.3, -0.25) is 4.79 Å². The van der Waals surface area contributed by atoms with Gasteiger partial charge < -0.3 is 15.8 Å². The van der Waals surface area contributed by atoms with Gasteiger partial charge in [-0.15, -0.1) is 0 Å². The van der Waals surface area contributed by atoms with Crippen molar-refractivity contribution in [1.82, 2.24) is 20.0 Å². The predicted octanol–water partition coefficient (Wildman–Crippen LogP) is 3.61. The van der Waals surface area contributed by atoms with Gasteiger partial charge in [0.25, 0.3) is 5.91 Å². The maximum absolute atomic E-state index is 13.0. The molecule has 0 fully saturated rings. The molecule has 1 amide bonds. The van der Waals surface area contributed by atoms with Gasteiger partial charge in [0.1, 0.15) is 16.9 Å². The van der Waals surface area contributed by atoms with E-state index in [4.69, 9.17) is 10.5 Å². The van der Waals surface area contributed by atoms with Gasteiger partial charge in [0.05, 0.1) is 29.9 Å². The van der Waals surface area contributed by atoms with E-state index in [0.717, 1.165) is 12.0 Å². The Kier molecular flexibility index (Phi) is 6.53. The molecule has 34 heavy (non-hydrogen) atoms. The number of rotatable bonds is 7. The van der Waals surface area contributed by atoms with Crippen LogP contribution in [0.5, 0.6) is 0 Å². The number of carbonyl (C=O) groups is 2. The fourth-order valence-corrected chi connectivity index (χ4v) is 3.50. The monoisotopic (exact) mass is 458 g/mol. The average Bonchev–Trinajstić information content (AvgIpc) is 3.10. The normalized spacial score (nSPS) is 11.5. The smallest absolute Gasteiger partial charge is 0.337 e. The summed E-state index contributed by atoms with van der Waals surface area (Å²) in [6, 6.07) is 14.2. The molecule has 2 heterocycles. The van der Waals surface area contributed by atoms with E-state index in [2.05, 4.69) is 34.2 Å². The van der Waals surface area contributed by atoms with Crippen LogP contribution in [-0.4, -0.2) is 46.4 Å². The Balaban J connectivity index is 1.77. The van der Waals surface area contributed by atoms with Crippen LogP contribution in [0.3, 0.4) is 0 Å². The molecule has 2 aromatic heterocycles. The Morgan fingerprint density at radius 3 is 2.44 bits per heavy atom. The molecule has 2 aromatic carbocycles. The molecule has 0 saturated carbocycles. The van der Waals surface area contributed by atoms with Crippen molar-refractivity contribution in [2.24, 2.45) is 11.0 Å². The van der Waals surface area contributed by atoms with Crippen LogP contribution >= 0.6 is 0 Å². The van der Waals surface area contributed by atoms with Gasteiger partial charge in [-0.2, -0.15) is 9.78 Å². The molecule has 4 aromatic rings. The van der Waals surface area contributed by atoms with Crippen molar-refractivity contribution in [3.63, 3.8) is 0 Å². The Morgan fingerprint density at radius 1 is 1.12 bits per heavy atom. The highest BCUT2D eigenvalue weighted by atomic mass is 16.5. The first-order valence-electron chi connectivity index (χ1n) is 11.0. The number of anilines is 1. The molecule has 0 atom stereocenters. The summed E-state index contributed by atoms with van der Waals surface area (Å²) in [5.74, 6) is -0.129. The number of methoxy groups -OCH3 is 1. The summed E-state index contributed by atoms with van der Waals surface area (Å²) in [6.07, 6.45) is 2.42. The van der Waals surface area contributed by atoms with Gasteiger partial charge in [-0.1, -0.05) is 38.1 Å². The van der Waals surface area contributed by atoms with Gasteiger partial charge in [0.15, 0.2) is 5.65 Å². The standard InChI is InChI=1S/C25H26N6O3/c1-15(2)12-13-27-24(32)20-21-23(30-19-7-5-4-6-18(19)29-21)31(22(20)26)28-14-16-8-10-17(11-9-16)25(33)34-3/h4-11,14-15H,12-13,26H2,1-3H3,(H,27,32). The lowest BCUT2D eigenvalue weighted by atomic mass is 10.1. The summed E-state index contributed by atoms with van der Waals surface area (Å²) in [5, 5.41) is 7.41. The molecule has 0 bridgehead atoms. The minimum absolute atomic E-state index is 0.148. The summed E-state index contributed by atoms with van der Waals surface area (Å²) in [6.45, 7) is 4.71. The van der Waals surface area contributed by atoms with Crippen molar-refractivity contribution in [2.45, 2.75) is 20.3 Å². The number of hydrogen-bond donors (Lipinski definition) is 2. The van der Waals surface area contributed by atoms with Gasteiger partial charge in [0, 0.05) is 6.54 Å². The predicted molar refractivity (Wildman–Crippen MR) is 132 cm³/mol. The van der Waals surface area contributed by atoms with E-state index in [-0.39, 0.29) is 17.3 Å². The fourth-order valence-electron chi connectivity index (χ4n) is 3.50. The van der Waals surface area contributed by atoms with Gasteiger partial charge in [0.2, 0.25) is 0 Å². The molecule has 0 unspecified atom stereocenters. The van der Waals surface area contributed by atoms with Crippen LogP contribution in [-0.2, 0) is 4.74 Å². The first kappa shape index (κ1) is 22.9. The fraction of sp³-hybridized carbons (Fsp3) is 0.240. The number of ether oxygens (including phenoxy) is 1. The number of nitrogen functional groups attached to an aromatic ring is 1. The van der Waals surface area contributed by atoms with Gasteiger partial charge in [-0.25, -0.2) is 14.8 Å². The van der Waals surface area contributed by atoms with Crippen molar-refractivity contribution < 1.29 is 14.3 Å². The third kappa shape index (κ3) is 4.59. The number of esters is 1. The lowest BCUT2D eigenvalue weighted by Crippen LogP contribution is -2.26. The van der Waals surface area contributed by atoms with Crippen LogP contribution in [0.2, 0.25) is 0 Å². The third-order valence-corrected chi connectivity index (χ3v) is 5.36. The first-order valence-corrected chi connectivity index (χ1v) is 11.0. The number of hydrogen-bond acceptors (Lipinski definition) is 7. The van der Waals surface area contributed by atoms with Crippen LogP contribution < -0.4 is 11.1 Å². The number of aromatic nitrogens is 3. The molecule has 174 valence electrons. The maximum Gasteiger partial charge on any atom is 0.337 e. The molecular weight excluding hydrogens is 432 g/mol. The van der Waals surface area contributed by atoms with Crippen molar-refractivity contribution >= 4 is 46.1 Å². The summed E-state index contributed by atoms with van der Waals surface area (Å²) in [7, 11) is 1.33. The molecule has 9 nitrogen and oxygen atoms in total. The summed E-state index contributed by atoms with van der Waals surface area (Å²) in [5.41, 5.74) is 9.90. The highest BCUT2D eigenvalue weighted by molar-refractivity contribution is 6.10. The Hall–Kier alpha value is -4.27. The largest absolute Gasteiger partial charge is 0.465 e. The van der Waals surface area contributed by atoms with Crippen LogP contribution in [0.1, 0.15) is 46.5 Å². The number of para-hydroxylation sites is 2. The minimum Gasteiger partial charge on any atom is -0.465 e. The van der Waals surface area contributed by atoms with E-state index in [1.165, 1.54) is 11.8 Å². The Labute approximate surface area is 196 Å². The molecule has 3 N–H and O–H groups in total. The van der Waals surface area contributed by atoms with E-state index in [0.29, 0.717) is 40.2 Å². The zero-order chi connectivity index (χ0) is 24.2. The van der Waals surface area contributed by atoms with Crippen LogP contribution in [0, 0.1) is 5.92 Å². The third-order valence-electron chi connectivity index (χ3n) is 5.36. The van der Waals surface area contributed by atoms with E-state index < -0.39 is 5.97 Å². The number of nitrogens with one attached hydrogen (secondary N) is 1. The Bertz CT molecular complexity index is 1390. The molecule has 4 rings (SSSR count). The molecule has 0 aliphatic heterocycles. The SMILES string of the molecule is COC(=O)c1ccc(C=Nn2c(N)c(C(=O)NCCC(C)C)c3nc4ccccc4nc32)cc1. The van der Waals surface area contributed by atoms with E-state index >= 15 is 0 Å². The molecular formula is C25H26N6O3. The molecule has 0 saturated heterocycles. The highest BCUT2D eigenvalue weighted by Crippen LogP contribution is 2.27. The van der Waals surface area contributed by atoms with Gasteiger partial charge >= 0.3 is 5.97 Å². The van der Waals surface area contributed by atoms with Crippen LogP contribution in [0.15, 0.2) is 53.6 Å². The maximum atomic E-state index is 13.0. The lowest BCUT2D eigenvalue weighted by Gasteiger charge is -2.07. The topological polar surface area (TPSA) is 124 Å². The Morgan fingerprint density at radius 2 is 1.79 bits per heavy atom. The second kappa shape index (κ2) is 9.70. The molecule has 0 aliphatic rings. The zero-order valence-corrected chi connectivity index (χ0v) is 19.3.